The average Bonchev–Trinajstić information content (AvgIpc) is 3.02. The van der Waals surface area contributed by atoms with Gasteiger partial charge in [0.1, 0.15) is 18.2 Å². The number of benzene rings is 1. The Labute approximate surface area is 144 Å². The molecular formula is C17H19N5O3. The molecule has 4 rings (SSSR count). The summed E-state index contributed by atoms with van der Waals surface area (Å²) in [5.74, 6) is 0.294. The zero-order chi connectivity index (χ0) is 17.6. The molecule has 8 heteroatoms. The van der Waals surface area contributed by atoms with Crippen molar-refractivity contribution in [3.05, 3.63) is 35.9 Å². The SMILES string of the molecule is CN1C(=O)[C@@H](C2CCCc3nc(C(N)=O)nn32)COc2ccccc21. The minimum atomic E-state index is -0.659. The van der Waals surface area contributed by atoms with Crippen LogP contribution in [0.3, 0.4) is 0 Å². The number of carbonyl (C=O) groups is 2. The highest BCUT2D eigenvalue weighted by Crippen LogP contribution is 2.37. The fourth-order valence-electron chi connectivity index (χ4n) is 3.61. The summed E-state index contributed by atoms with van der Waals surface area (Å²) in [5.41, 5.74) is 6.06. The number of fused-ring (bicyclic) bond motifs is 2. The van der Waals surface area contributed by atoms with Crippen LogP contribution in [0.15, 0.2) is 24.3 Å². The smallest absolute Gasteiger partial charge is 0.288 e. The van der Waals surface area contributed by atoms with Gasteiger partial charge < -0.3 is 15.4 Å². The van der Waals surface area contributed by atoms with Gasteiger partial charge in [0.2, 0.25) is 11.7 Å². The molecule has 1 unspecified atom stereocenters. The molecule has 1 aromatic heterocycles. The lowest BCUT2D eigenvalue weighted by Gasteiger charge is -2.30. The van der Waals surface area contributed by atoms with Crippen molar-refractivity contribution in [2.24, 2.45) is 11.7 Å². The Morgan fingerprint density at radius 3 is 2.96 bits per heavy atom. The predicted octanol–water partition coefficient (Wildman–Crippen LogP) is 0.926. The third-order valence-electron chi connectivity index (χ3n) is 4.89. The van der Waals surface area contributed by atoms with Gasteiger partial charge in [-0.25, -0.2) is 9.67 Å². The number of ether oxygens (including phenoxy) is 1. The van der Waals surface area contributed by atoms with E-state index in [0.717, 1.165) is 18.5 Å². The molecule has 2 aliphatic rings. The van der Waals surface area contributed by atoms with E-state index < -0.39 is 11.8 Å². The maximum Gasteiger partial charge on any atom is 0.288 e. The van der Waals surface area contributed by atoms with E-state index in [2.05, 4.69) is 10.1 Å². The van der Waals surface area contributed by atoms with Gasteiger partial charge in [0.05, 0.1) is 17.6 Å². The van der Waals surface area contributed by atoms with Gasteiger partial charge in [-0.15, -0.1) is 5.10 Å². The monoisotopic (exact) mass is 341 g/mol. The molecule has 2 N–H and O–H groups in total. The van der Waals surface area contributed by atoms with E-state index in [1.54, 1.807) is 16.6 Å². The Morgan fingerprint density at radius 1 is 1.36 bits per heavy atom. The average molecular weight is 341 g/mol. The normalized spacial score (nSPS) is 22.6. The maximum atomic E-state index is 13.1. The number of carbonyl (C=O) groups excluding carboxylic acids is 2. The minimum absolute atomic E-state index is 0.000491. The van der Waals surface area contributed by atoms with Crippen LogP contribution in [0.4, 0.5) is 5.69 Å². The molecule has 0 aliphatic carbocycles. The first kappa shape index (κ1) is 15.6. The van der Waals surface area contributed by atoms with Crippen LogP contribution in [0.2, 0.25) is 0 Å². The quantitative estimate of drug-likeness (QED) is 0.875. The van der Waals surface area contributed by atoms with Gasteiger partial charge in [0.25, 0.3) is 5.91 Å². The summed E-state index contributed by atoms with van der Waals surface area (Å²) in [6, 6.07) is 7.28. The second-order valence-corrected chi connectivity index (χ2v) is 6.40. The Bertz CT molecular complexity index is 847. The molecule has 0 fully saturated rings. The molecular weight excluding hydrogens is 322 g/mol. The van der Waals surface area contributed by atoms with Crippen molar-refractivity contribution in [1.82, 2.24) is 14.8 Å². The number of primary amides is 1. The summed E-state index contributed by atoms with van der Waals surface area (Å²) in [6.45, 7) is 0.260. The first-order valence-electron chi connectivity index (χ1n) is 8.31. The van der Waals surface area contributed by atoms with Crippen molar-refractivity contribution in [3.8, 4) is 5.75 Å². The van der Waals surface area contributed by atoms with Crippen molar-refractivity contribution in [2.45, 2.75) is 25.3 Å². The number of hydrogen-bond donors (Lipinski definition) is 1. The van der Waals surface area contributed by atoms with E-state index in [1.165, 1.54) is 0 Å². The van der Waals surface area contributed by atoms with Gasteiger partial charge in [-0.3, -0.25) is 9.59 Å². The van der Waals surface area contributed by atoms with Crippen LogP contribution in [0.25, 0.3) is 0 Å². The van der Waals surface area contributed by atoms with E-state index in [0.29, 0.717) is 18.0 Å². The van der Waals surface area contributed by atoms with Gasteiger partial charge in [0, 0.05) is 13.5 Å². The van der Waals surface area contributed by atoms with Crippen LogP contribution in [0, 0.1) is 5.92 Å². The van der Waals surface area contributed by atoms with E-state index in [9.17, 15) is 9.59 Å². The van der Waals surface area contributed by atoms with Crippen LogP contribution in [-0.4, -0.2) is 40.2 Å². The lowest BCUT2D eigenvalue weighted by molar-refractivity contribution is -0.124. The van der Waals surface area contributed by atoms with Crippen LogP contribution in [0.5, 0.6) is 5.75 Å². The van der Waals surface area contributed by atoms with E-state index in [1.807, 2.05) is 24.3 Å². The Hall–Kier alpha value is -2.90. The van der Waals surface area contributed by atoms with E-state index >= 15 is 0 Å². The van der Waals surface area contributed by atoms with E-state index in [-0.39, 0.29) is 24.4 Å². The fraction of sp³-hybridized carbons (Fsp3) is 0.412. The summed E-state index contributed by atoms with van der Waals surface area (Å²) in [5, 5.41) is 4.25. The zero-order valence-electron chi connectivity index (χ0n) is 13.9. The van der Waals surface area contributed by atoms with Gasteiger partial charge >= 0.3 is 0 Å². The minimum Gasteiger partial charge on any atom is -0.490 e. The van der Waals surface area contributed by atoms with Gasteiger partial charge in [-0.2, -0.15) is 0 Å². The number of aryl methyl sites for hydroxylation is 1. The molecule has 2 aliphatic heterocycles. The molecule has 8 nitrogen and oxygen atoms in total. The predicted molar refractivity (Wildman–Crippen MR) is 89.4 cm³/mol. The Balaban J connectivity index is 1.70. The lowest BCUT2D eigenvalue weighted by Crippen LogP contribution is -2.40. The van der Waals surface area contributed by atoms with Gasteiger partial charge in [0.15, 0.2) is 0 Å². The van der Waals surface area contributed by atoms with Crippen LogP contribution >= 0.6 is 0 Å². The van der Waals surface area contributed by atoms with Gasteiger partial charge in [-0.1, -0.05) is 12.1 Å². The van der Waals surface area contributed by atoms with E-state index in [4.69, 9.17) is 10.5 Å². The number of aromatic nitrogens is 3. The Morgan fingerprint density at radius 2 is 2.16 bits per heavy atom. The second kappa shape index (κ2) is 5.87. The highest BCUT2D eigenvalue weighted by Gasteiger charge is 2.39. The molecule has 3 heterocycles. The summed E-state index contributed by atoms with van der Waals surface area (Å²) in [4.78, 5) is 30.3. The molecule has 1 aromatic carbocycles. The van der Waals surface area contributed by atoms with Crippen molar-refractivity contribution >= 4 is 17.5 Å². The molecule has 0 spiro atoms. The molecule has 0 saturated carbocycles. The summed E-state index contributed by atoms with van der Waals surface area (Å²) < 4.78 is 7.60. The van der Waals surface area contributed by atoms with Crippen LogP contribution < -0.4 is 15.4 Å². The number of hydrogen-bond acceptors (Lipinski definition) is 5. The fourth-order valence-corrected chi connectivity index (χ4v) is 3.61. The van der Waals surface area contributed by atoms with Crippen LogP contribution in [-0.2, 0) is 11.2 Å². The first-order valence-corrected chi connectivity index (χ1v) is 8.31. The topological polar surface area (TPSA) is 103 Å². The Kier molecular flexibility index (Phi) is 3.67. The summed E-state index contributed by atoms with van der Waals surface area (Å²) in [7, 11) is 1.75. The standard InChI is InChI=1S/C17H19N5O3/c1-21-12-5-2-3-7-13(12)25-9-10(17(21)24)11-6-4-8-14-19-16(15(18)23)20-22(11)14/h2-3,5,7,10-11H,4,6,8-9H2,1H3,(H2,18,23)/t10-,11?/m1/s1. The molecule has 2 aromatic rings. The number of rotatable bonds is 2. The molecule has 0 radical (unpaired) electrons. The van der Waals surface area contributed by atoms with Crippen molar-refractivity contribution < 1.29 is 14.3 Å². The summed E-state index contributed by atoms with van der Waals surface area (Å²) in [6.07, 6.45) is 2.37. The number of amides is 2. The largest absolute Gasteiger partial charge is 0.490 e. The highest BCUT2D eigenvalue weighted by molar-refractivity contribution is 5.97. The highest BCUT2D eigenvalue weighted by atomic mass is 16.5. The molecule has 2 atom stereocenters. The molecule has 25 heavy (non-hydrogen) atoms. The van der Waals surface area contributed by atoms with Crippen molar-refractivity contribution in [1.29, 1.82) is 0 Å². The molecule has 2 amide bonds. The zero-order valence-corrected chi connectivity index (χ0v) is 13.9. The third kappa shape index (κ3) is 2.54. The maximum absolute atomic E-state index is 13.1. The lowest BCUT2D eigenvalue weighted by atomic mass is 9.92. The van der Waals surface area contributed by atoms with Crippen molar-refractivity contribution in [2.75, 3.05) is 18.6 Å². The molecule has 0 saturated heterocycles. The molecule has 130 valence electrons. The first-order chi connectivity index (χ1) is 12.1. The molecule has 0 bridgehead atoms. The third-order valence-corrected chi connectivity index (χ3v) is 4.89. The number of para-hydroxylation sites is 2. The number of nitrogens with two attached hydrogens (primary N) is 1. The van der Waals surface area contributed by atoms with Crippen molar-refractivity contribution in [3.63, 3.8) is 0 Å². The van der Waals surface area contributed by atoms with Gasteiger partial charge in [-0.05, 0) is 25.0 Å². The van der Waals surface area contributed by atoms with Crippen LogP contribution in [0.1, 0.15) is 35.3 Å². The second-order valence-electron chi connectivity index (χ2n) is 6.40. The number of anilines is 1. The summed E-state index contributed by atoms with van der Waals surface area (Å²) >= 11 is 0. The number of nitrogens with zero attached hydrogens (tertiary/aromatic N) is 4.